The second-order valence-corrected chi connectivity index (χ2v) is 10.1. The topological polar surface area (TPSA) is 44.8 Å². The summed E-state index contributed by atoms with van der Waals surface area (Å²) in [5.41, 5.74) is 6.48. The normalized spacial score (nSPS) is 12.0. The lowest BCUT2D eigenvalue weighted by Crippen LogP contribution is -2.31. The van der Waals surface area contributed by atoms with E-state index in [-0.39, 0.29) is 18.5 Å². The molecule has 1 atom stereocenters. The number of carbonyl (C=O) groups excluding carboxylic acids is 1. The molecule has 4 heteroatoms. The molecule has 202 valence electrons. The Morgan fingerprint density at radius 3 is 1.49 bits per heavy atom. The van der Waals surface area contributed by atoms with Gasteiger partial charge in [-0.2, -0.15) is 0 Å². The first-order chi connectivity index (χ1) is 18.9. The summed E-state index contributed by atoms with van der Waals surface area (Å²) in [5, 5.41) is 0. The maximum absolute atomic E-state index is 11.9. The number of methoxy groups -OCH3 is 1. The molecule has 0 N–H and O–H groups in total. The predicted octanol–water partition coefficient (Wildman–Crippen LogP) is 7.66. The van der Waals surface area contributed by atoms with Crippen LogP contribution in [0.3, 0.4) is 0 Å². The Kier molecular flexibility index (Phi) is 9.08. The SMILES string of the molecule is CCC(C)C(=O)OCCOc1ccc(C(c2ccc(C)cc2)(c2ccc(C)cc2)c2ccc(OC)cc2)cc1. The van der Waals surface area contributed by atoms with Gasteiger partial charge < -0.3 is 14.2 Å². The molecule has 4 aromatic carbocycles. The molecule has 0 bridgehead atoms. The van der Waals surface area contributed by atoms with E-state index in [9.17, 15) is 4.79 Å². The van der Waals surface area contributed by atoms with Gasteiger partial charge in [0.1, 0.15) is 24.7 Å². The smallest absolute Gasteiger partial charge is 0.308 e. The number of rotatable bonds is 11. The lowest BCUT2D eigenvalue weighted by atomic mass is 9.65. The first-order valence-corrected chi connectivity index (χ1v) is 13.6. The summed E-state index contributed by atoms with van der Waals surface area (Å²) in [4.78, 5) is 11.9. The number of esters is 1. The van der Waals surface area contributed by atoms with Crippen molar-refractivity contribution in [3.63, 3.8) is 0 Å². The van der Waals surface area contributed by atoms with Gasteiger partial charge in [0.05, 0.1) is 18.4 Å². The van der Waals surface area contributed by atoms with E-state index in [4.69, 9.17) is 14.2 Å². The van der Waals surface area contributed by atoms with Crippen molar-refractivity contribution >= 4 is 5.97 Å². The molecule has 1 unspecified atom stereocenters. The highest BCUT2D eigenvalue weighted by Gasteiger charge is 2.38. The van der Waals surface area contributed by atoms with Crippen LogP contribution in [0.1, 0.15) is 53.6 Å². The molecule has 0 aromatic heterocycles. The van der Waals surface area contributed by atoms with Crippen LogP contribution in [0.5, 0.6) is 11.5 Å². The minimum Gasteiger partial charge on any atom is -0.497 e. The lowest BCUT2D eigenvalue weighted by molar-refractivity contribution is -0.148. The Balaban J connectivity index is 1.74. The van der Waals surface area contributed by atoms with Crippen molar-refractivity contribution in [3.05, 3.63) is 130 Å². The van der Waals surface area contributed by atoms with Crippen molar-refractivity contribution in [2.24, 2.45) is 5.92 Å². The minimum atomic E-state index is -0.558. The van der Waals surface area contributed by atoms with E-state index in [1.54, 1.807) is 7.11 Å². The summed E-state index contributed by atoms with van der Waals surface area (Å²) in [6.45, 7) is 8.60. The second kappa shape index (κ2) is 12.7. The van der Waals surface area contributed by atoms with Crippen molar-refractivity contribution in [2.75, 3.05) is 20.3 Å². The fourth-order valence-corrected chi connectivity index (χ4v) is 4.86. The van der Waals surface area contributed by atoms with Crippen molar-refractivity contribution in [1.29, 1.82) is 0 Å². The molecule has 0 saturated carbocycles. The molecule has 4 nitrogen and oxygen atoms in total. The summed E-state index contributed by atoms with van der Waals surface area (Å²) in [6, 6.07) is 34.1. The van der Waals surface area contributed by atoms with Gasteiger partial charge >= 0.3 is 5.97 Å². The fraction of sp³-hybridized carbons (Fsp3) is 0.286. The van der Waals surface area contributed by atoms with Gasteiger partial charge in [-0.1, -0.05) is 97.8 Å². The van der Waals surface area contributed by atoms with E-state index >= 15 is 0 Å². The van der Waals surface area contributed by atoms with Crippen LogP contribution in [0.15, 0.2) is 97.1 Å². The van der Waals surface area contributed by atoms with E-state index in [0.717, 1.165) is 29.0 Å². The number of ether oxygens (including phenoxy) is 3. The van der Waals surface area contributed by atoms with Crippen LogP contribution < -0.4 is 9.47 Å². The molecule has 0 fully saturated rings. The average molecular weight is 523 g/mol. The highest BCUT2D eigenvalue weighted by atomic mass is 16.6. The number of carbonyl (C=O) groups is 1. The molecule has 0 aliphatic heterocycles. The van der Waals surface area contributed by atoms with E-state index < -0.39 is 5.41 Å². The zero-order valence-corrected chi connectivity index (χ0v) is 23.6. The summed E-state index contributed by atoms with van der Waals surface area (Å²) in [6.07, 6.45) is 0.763. The Bertz CT molecular complexity index is 1290. The fourth-order valence-electron chi connectivity index (χ4n) is 4.86. The average Bonchev–Trinajstić information content (AvgIpc) is 2.97. The van der Waals surface area contributed by atoms with Crippen LogP contribution in [0, 0.1) is 19.8 Å². The number of hydrogen-bond donors (Lipinski definition) is 0. The molecule has 0 radical (unpaired) electrons. The number of aryl methyl sites for hydroxylation is 2. The van der Waals surface area contributed by atoms with E-state index in [1.165, 1.54) is 22.3 Å². The lowest BCUT2D eigenvalue weighted by Gasteiger charge is -2.37. The van der Waals surface area contributed by atoms with Crippen LogP contribution in [0.4, 0.5) is 0 Å². The highest BCUT2D eigenvalue weighted by Crippen LogP contribution is 2.46. The van der Waals surface area contributed by atoms with E-state index in [2.05, 4.69) is 86.6 Å². The number of benzene rings is 4. The molecule has 0 aliphatic carbocycles. The van der Waals surface area contributed by atoms with Crippen molar-refractivity contribution in [1.82, 2.24) is 0 Å². The monoisotopic (exact) mass is 522 g/mol. The number of hydrogen-bond acceptors (Lipinski definition) is 4. The van der Waals surface area contributed by atoms with Crippen molar-refractivity contribution < 1.29 is 19.0 Å². The molecule has 4 rings (SSSR count). The van der Waals surface area contributed by atoms with Crippen molar-refractivity contribution in [3.8, 4) is 11.5 Å². The van der Waals surface area contributed by atoms with Crippen LogP contribution >= 0.6 is 0 Å². The van der Waals surface area contributed by atoms with Crippen LogP contribution in [-0.4, -0.2) is 26.3 Å². The van der Waals surface area contributed by atoms with Gasteiger partial charge in [-0.3, -0.25) is 4.79 Å². The zero-order valence-electron chi connectivity index (χ0n) is 23.6. The maximum atomic E-state index is 11.9. The molecule has 0 spiro atoms. The predicted molar refractivity (Wildman–Crippen MR) is 157 cm³/mol. The first-order valence-electron chi connectivity index (χ1n) is 13.6. The van der Waals surface area contributed by atoms with Crippen molar-refractivity contribution in [2.45, 2.75) is 39.5 Å². The second-order valence-electron chi connectivity index (χ2n) is 10.1. The summed E-state index contributed by atoms with van der Waals surface area (Å²) in [5.74, 6) is 1.27. The van der Waals surface area contributed by atoms with Gasteiger partial charge in [0.2, 0.25) is 0 Å². The maximum Gasteiger partial charge on any atom is 0.308 e. The molecule has 4 aromatic rings. The van der Waals surface area contributed by atoms with E-state index in [1.807, 2.05) is 38.1 Å². The largest absolute Gasteiger partial charge is 0.497 e. The van der Waals surface area contributed by atoms with Gasteiger partial charge in [-0.25, -0.2) is 0 Å². The van der Waals surface area contributed by atoms with Gasteiger partial charge in [-0.15, -0.1) is 0 Å². The quantitative estimate of drug-likeness (QED) is 0.115. The highest BCUT2D eigenvalue weighted by molar-refractivity contribution is 5.71. The summed E-state index contributed by atoms with van der Waals surface area (Å²) in [7, 11) is 1.69. The Morgan fingerprint density at radius 1 is 0.667 bits per heavy atom. The standard InChI is InChI=1S/C35H38O4/c1-6-27(4)34(36)39-24-23-38-33-21-17-31(18-22-33)35(28-11-7-25(2)8-12-28,29-13-9-26(3)10-14-29)30-15-19-32(37-5)20-16-30/h7-22,27H,6,23-24H2,1-5H3. The first kappa shape index (κ1) is 28.0. The Labute approximate surface area is 232 Å². The third-order valence-corrected chi connectivity index (χ3v) is 7.39. The molecular formula is C35H38O4. The molecule has 0 amide bonds. The van der Waals surface area contributed by atoms with E-state index in [0.29, 0.717) is 6.61 Å². The minimum absolute atomic E-state index is 0.0982. The van der Waals surface area contributed by atoms with Crippen LogP contribution in [0.25, 0.3) is 0 Å². The Hall–Kier alpha value is -4.05. The third-order valence-electron chi connectivity index (χ3n) is 7.39. The molecule has 0 heterocycles. The summed E-state index contributed by atoms with van der Waals surface area (Å²) >= 11 is 0. The van der Waals surface area contributed by atoms with Crippen LogP contribution in [0.2, 0.25) is 0 Å². The van der Waals surface area contributed by atoms with Gasteiger partial charge in [0.25, 0.3) is 0 Å². The zero-order chi connectivity index (χ0) is 27.8. The molecule has 39 heavy (non-hydrogen) atoms. The van der Waals surface area contributed by atoms with Gasteiger partial charge in [0, 0.05) is 0 Å². The van der Waals surface area contributed by atoms with Gasteiger partial charge in [-0.05, 0) is 66.8 Å². The summed E-state index contributed by atoms with van der Waals surface area (Å²) < 4.78 is 16.7. The molecular weight excluding hydrogens is 484 g/mol. The molecule has 0 aliphatic rings. The van der Waals surface area contributed by atoms with Crippen LogP contribution in [-0.2, 0) is 14.9 Å². The Morgan fingerprint density at radius 2 is 1.08 bits per heavy atom. The third kappa shape index (κ3) is 6.17. The molecule has 0 saturated heterocycles. The van der Waals surface area contributed by atoms with Gasteiger partial charge in [0.15, 0.2) is 0 Å².